The Labute approximate surface area is 208 Å². The van der Waals surface area contributed by atoms with E-state index in [1.165, 1.54) is 32.1 Å². The monoisotopic (exact) mass is 476 g/mol. The molecule has 0 aliphatic heterocycles. The molecule has 3 aliphatic rings. The normalized spacial score (nSPS) is 41.1. The van der Waals surface area contributed by atoms with Gasteiger partial charge in [0.2, 0.25) is 0 Å². The molecule has 3 rings (SSSR count). The van der Waals surface area contributed by atoms with Gasteiger partial charge in [0.15, 0.2) is 0 Å². The van der Waals surface area contributed by atoms with Gasteiger partial charge in [0.05, 0.1) is 11.8 Å². The molecule has 3 saturated carbocycles. The Bertz CT molecular complexity index is 772. The third kappa shape index (κ3) is 4.34. The summed E-state index contributed by atoms with van der Waals surface area (Å²) in [5, 5.41) is 20.0. The fraction of sp³-hybridized carbons (Fsp3) is 0.933. The lowest BCUT2D eigenvalue weighted by Crippen LogP contribution is -2.59. The second-order valence-corrected chi connectivity index (χ2v) is 14.3. The highest BCUT2D eigenvalue weighted by Crippen LogP contribution is 2.73. The predicted octanol–water partition coefficient (Wildman–Crippen LogP) is 7.90. The summed E-state index contributed by atoms with van der Waals surface area (Å²) in [5.41, 5.74) is -0.891. The van der Waals surface area contributed by atoms with E-state index < -0.39 is 22.8 Å². The highest BCUT2D eigenvalue weighted by atomic mass is 16.4. The minimum absolute atomic E-state index is 0.0807. The first-order valence-corrected chi connectivity index (χ1v) is 14.1. The van der Waals surface area contributed by atoms with Crippen molar-refractivity contribution >= 4 is 11.9 Å². The predicted molar refractivity (Wildman–Crippen MR) is 138 cm³/mol. The highest BCUT2D eigenvalue weighted by molar-refractivity contribution is 5.75. The van der Waals surface area contributed by atoms with Crippen LogP contribution in [0.5, 0.6) is 0 Å². The first kappa shape index (κ1) is 27.5. The average Bonchev–Trinajstić information content (AvgIpc) is 2.98. The van der Waals surface area contributed by atoms with Crippen LogP contribution in [0.4, 0.5) is 0 Å². The zero-order valence-electron chi connectivity index (χ0n) is 23.2. The van der Waals surface area contributed by atoms with E-state index >= 15 is 0 Å². The van der Waals surface area contributed by atoms with E-state index in [1.54, 1.807) is 0 Å². The van der Waals surface area contributed by atoms with Crippen molar-refractivity contribution in [3.05, 3.63) is 0 Å². The average molecular weight is 477 g/mol. The number of aliphatic carboxylic acids is 2. The van der Waals surface area contributed by atoms with Crippen LogP contribution in [0.15, 0.2) is 0 Å². The van der Waals surface area contributed by atoms with E-state index in [-0.39, 0.29) is 23.7 Å². The Balaban J connectivity index is 1.91. The summed E-state index contributed by atoms with van der Waals surface area (Å²) in [6.45, 7) is 18.0. The van der Waals surface area contributed by atoms with E-state index in [2.05, 4.69) is 41.5 Å². The number of hydrogen-bond acceptors (Lipinski definition) is 2. The van der Waals surface area contributed by atoms with Gasteiger partial charge in [-0.3, -0.25) is 9.59 Å². The minimum Gasteiger partial charge on any atom is -0.481 e. The summed E-state index contributed by atoms with van der Waals surface area (Å²) in [5.74, 6) is 1.32. The summed E-state index contributed by atoms with van der Waals surface area (Å²) in [7, 11) is 0. The summed E-state index contributed by atoms with van der Waals surface area (Å²) in [6.07, 6.45) is 10.6. The molecular formula is C30H52O4. The molecule has 0 bridgehead atoms. The minimum atomic E-state index is -0.917. The molecule has 0 saturated heterocycles. The van der Waals surface area contributed by atoms with Gasteiger partial charge in [-0.05, 0) is 104 Å². The third-order valence-corrected chi connectivity index (χ3v) is 11.9. The van der Waals surface area contributed by atoms with E-state index in [0.717, 1.165) is 43.4 Å². The van der Waals surface area contributed by atoms with Gasteiger partial charge in [0, 0.05) is 0 Å². The fourth-order valence-electron chi connectivity index (χ4n) is 9.78. The molecule has 0 aromatic rings. The molecule has 0 spiro atoms. The maximum Gasteiger partial charge on any atom is 0.309 e. The van der Waals surface area contributed by atoms with Crippen LogP contribution < -0.4 is 0 Å². The van der Waals surface area contributed by atoms with Crippen molar-refractivity contribution in [3.63, 3.8) is 0 Å². The van der Waals surface area contributed by atoms with Gasteiger partial charge in [-0.2, -0.15) is 0 Å². The Kier molecular flexibility index (Phi) is 7.64. The van der Waals surface area contributed by atoms with Gasteiger partial charge < -0.3 is 10.2 Å². The van der Waals surface area contributed by atoms with Gasteiger partial charge >= 0.3 is 11.9 Å². The fourth-order valence-corrected chi connectivity index (χ4v) is 9.78. The first-order chi connectivity index (χ1) is 15.6. The van der Waals surface area contributed by atoms with E-state index in [9.17, 15) is 19.8 Å². The standard InChI is InChI=1S/C30H52O4/c1-19(2)10-9-11-20(3)21-14-16-30(8)23-12-13-24(27(4,5)26(33)34)28(6,18-25(31)32)22(23)15-17-29(21,30)7/h19-24H,9-18H2,1-8H3,(H,31,32)(H,33,34)/t20-,21-,22+,23+,24+,28+,29+,30+/m0/s1. The van der Waals surface area contributed by atoms with Crippen LogP contribution in [0.3, 0.4) is 0 Å². The first-order valence-electron chi connectivity index (χ1n) is 14.1. The number of carbonyl (C=O) groups is 2. The van der Waals surface area contributed by atoms with Crippen LogP contribution in [-0.2, 0) is 9.59 Å². The topological polar surface area (TPSA) is 74.6 Å². The van der Waals surface area contributed by atoms with Crippen LogP contribution in [0, 0.1) is 57.2 Å². The van der Waals surface area contributed by atoms with Crippen molar-refractivity contribution in [1.82, 2.24) is 0 Å². The smallest absolute Gasteiger partial charge is 0.309 e. The van der Waals surface area contributed by atoms with Crippen molar-refractivity contribution in [1.29, 1.82) is 0 Å². The zero-order chi connectivity index (χ0) is 25.7. The van der Waals surface area contributed by atoms with Crippen LogP contribution in [0.1, 0.15) is 120 Å². The number of hydrogen-bond donors (Lipinski definition) is 2. The number of carboxylic acid groups (broad SMARTS) is 2. The second kappa shape index (κ2) is 9.43. The van der Waals surface area contributed by atoms with Gasteiger partial charge in [-0.1, -0.05) is 60.8 Å². The van der Waals surface area contributed by atoms with Crippen molar-refractivity contribution in [2.45, 2.75) is 120 Å². The van der Waals surface area contributed by atoms with Gasteiger partial charge in [-0.25, -0.2) is 0 Å². The third-order valence-electron chi connectivity index (χ3n) is 11.9. The van der Waals surface area contributed by atoms with Crippen LogP contribution >= 0.6 is 0 Å². The Morgan fingerprint density at radius 1 is 0.882 bits per heavy atom. The van der Waals surface area contributed by atoms with Crippen LogP contribution in [-0.4, -0.2) is 22.2 Å². The quantitative estimate of drug-likeness (QED) is 0.355. The molecule has 3 fully saturated rings. The van der Waals surface area contributed by atoms with E-state index in [1.807, 2.05) is 13.8 Å². The molecule has 4 heteroatoms. The zero-order valence-corrected chi connectivity index (χ0v) is 23.2. The number of rotatable bonds is 9. The molecule has 2 N–H and O–H groups in total. The number of carboxylic acids is 2. The Morgan fingerprint density at radius 3 is 2.06 bits per heavy atom. The molecule has 196 valence electrons. The van der Waals surface area contributed by atoms with Crippen molar-refractivity contribution in [3.8, 4) is 0 Å². The van der Waals surface area contributed by atoms with Crippen LogP contribution in [0.2, 0.25) is 0 Å². The summed E-state index contributed by atoms with van der Waals surface area (Å²) >= 11 is 0. The van der Waals surface area contributed by atoms with Crippen molar-refractivity contribution in [2.75, 3.05) is 0 Å². The largest absolute Gasteiger partial charge is 0.481 e. The lowest BCUT2D eigenvalue weighted by molar-refractivity contribution is -0.186. The maximum absolute atomic E-state index is 12.2. The summed E-state index contributed by atoms with van der Waals surface area (Å²) < 4.78 is 0. The number of fused-ring (bicyclic) bond motifs is 3. The summed E-state index contributed by atoms with van der Waals surface area (Å²) in [4.78, 5) is 24.4. The second-order valence-electron chi connectivity index (χ2n) is 14.3. The molecule has 4 nitrogen and oxygen atoms in total. The lowest BCUT2D eigenvalue weighted by Gasteiger charge is -2.65. The SMILES string of the molecule is CC(C)CCC[C@H](C)[C@@H]1CC[C@]2(C)[C@@H]3CC[C@H](C(C)(C)C(=O)O)[C@](C)(CC(=O)O)[C@@H]3CC[C@]12C. The molecule has 0 aromatic carbocycles. The van der Waals surface area contributed by atoms with Gasteiger partial charge in [0.1, 0.15) is 0 Å². The Morgan fingerprint density at radius 2 is 1.50 bits per heavy atom. The molecule has 0 heterocycles. The van der Waals surface area contributed by atoms with E-state index in [4.69, 9.17) is 0 Å². The van der Waals surface area contributed by atoms with Crippen molar-refractivity contribution in [2.24, 2.45) is 57.2 Å². The lowest BCUT2D eigenvalue weighted by atomic mass is 9.39. The van der Waals surface area contributed by atoms with E-state index in [0.29, 0.717) is 11.3 Å². The molecular weight excluding hydrogens is 424 g/mol. The van der Waals surface area contributed by atoms with Gasteiger partial charge in [-0.15, -0.1) is 0 Å². The molecule has 3 aliphatic carbocycles. The van der Waals surface area contributed by atoms with Crippen molar-refractivity contribution < 1.29 is 19.8 Å². The highest BCUT2D eigenvalue weighted by Gasteiger charge is 2.67. The molecule has 34 heavy (non-hydrogen) atoms. The molecule has 8 atom stereocenters. The van der Waals surface area contributed by atoms with Crippen LogP contribution in [0.25, 0.3) is 0 Å². The summed E-state index contributed by atoms with van der Waals surface area (Å²) in [6, 6.07) is 0. The molecule has 0 radical (unpaired) electrons. The maximum atomic E-state index is 12.2. The van der Waals surface area contributed by atoms with Gasteiger partial charge in [0.25, 0.3) is 0 Å². The molecule has 0 amide bonds. The Hall–Kier alpha value is -1.06. The molecule has 0 unspecified atom stereocenters. The molecule has 0 aromatic heterocycles.